The first-order valence-electron chi connectivity index (χ1n) is 6.27. The number of amides is 1. The van der Waals surface area contributed by atoms with Crippen molar-refractivity contribution in [1.82, 2.24) is 5.23 Å². The van der Waals surface area contributed by atoms with E-state index >= 15 is 0 Å². The average molecular weight is 265 g/mol. The molecule has 0 aliphatic rings. The molecule has 0 heterocycles. The van der Waals surface area contributed by atoms with Crippen LogP contribution < -0.4 is 0 Å². The largest absolute Gasteiger partial charge is 0.332 e. The minimum absolute atomic E-state index is 0.321. The lowest BCUT2D eigenvalue weighted by Gasteiger charge is -2.19. The van der Waals surface area contributed by atoms with Crippen molar-refractivity contribution < 1.29 is 19.3 Å². The van der Waals surface area contributed by atoms with E-state index in [2.05, 4.69) is 0 Å². The fourth-order valence-electron chi connectivity index (χ4n) is 1.34. The van der Waals surface area contributed by atoms with E-state index in [4.69, 9.17) is 9.68 Å². The summed E-state index contributed by atoms with van der Waals surface area (Å²) in [7, 11) is 0. The Morgan fingerprint density at radius 1 is 1.21 bits per heavy atom. The highest BCUT2D eigenvalue weighted by atomic mass is 17.0. The summed E-state index contributed by atoms with van der Waals surface area (Å²) >= 11 is 0. The maximum absolute atomic E-state index is 12.1. The number of carbonyl (C=O) groups is 2. The number of nitrogens with zero attached hydrogens (tertiary/aromatic N) is 1. The standard InChI is InChI=1S/C14H19NO4/c1-4-5-10-18-15(19-12(3)16)14(17)13-8-6-11(2)7-9-13/h6-9H,4-5,10H2,1-3H3. The molecular weight excluding hydrogens is 246 g/mol. The molecule has 0 aromatic heterocycles. The maximum Gasteiger partial charge on any atom is 0.332 e. The lowest BCUT2D eigenvalue weighted by atomic mass is 10.1. The van der Waals surface area contributed by atoms with Gasteiger partial charge in [-0.1, -0.05) is 31.0 Å². The summed E-state index contributed by atoms with van der Waals surface area (Å²) in [4.78, 5) is 33.0. The van der Waals surface area contributed by atoms with Crippen molar-refractivity contribution in [3.8, 4) is 0 Å². The fraction of sp³-hybridized carbons (Fsp3) is 0.429. The van der Waals surface area contributed by atoms with E-state index in [9.17, 15) is 9.59 Å². The molecule has 104 valence electrons. The van der Waals surface area contributed by atoms with Crippen LogP contribution in [0.25, 0.3) is 0 Å². The van der Waals surface area contributed by atoms with Gasteiger partial charge in [0.15, 0.2) is 0 Å². The molecule has 1 rings (SSSR count). The van der Waals surface area contributed by atoms with Crippen molar-refractivity contribution >= 4 is 11.9 Å². The third-order valence-electron chi connectivity index (χ3n) is 2.38. The molecule has 5 nitrogen and oxygen atoms in total. The van der Waals surface area contributed by atoms with Crippen LogP contribution in [0.15, 0.2) is 24.3 Å². The molecule has 1 aromatic carbocycles. The van der Waals surface area contributed by atoms with Crippen molar-refractivity contribution in [2.75, 3.05) is 6.61 Å². The van der Waals surface area contributed by atoms with Crippen LogP contribution in [-0.2, 0) is 14.5 Å². The van der Waals surface area contributed by atoms with E-state index in [1.807, 2.05) is 26.0 Å². The van der Waals surface area contributed by atoms with Gasteiger partial charge < -0.3 is 4.84 Å². The lowest BCUT2D eigenvalue weighted by molar-refractivity contribution is -0.307. The summed E-state index contributed by atoms with van der Waals surface area (Å²) in [6, 6.07) is 6.95. The topological polar surface area (TPSA) is 55.8 Å². The summed E-state index contributed by atoms with van der Waals surface area (Å²) in [5, 5.41) is 0.655. The Labute approximate surface area is 113 Å². The number of carbonyl (C=O) groups excluding carboxylic acids is 2. The van der Waals surface area contributed by atoms with Crippen molar-refractivity contribution in [1.29, 1.82) is 0 Å². The van der Waals surface area contributed by atoms with Crippen LogP contribution in [0.2, 0.25) is 0 Å². The molecule has 0 aliphatic carbocycles. The molecule has 0 bridgehead atoms. The zero-order chi connectivity index (χ0) is 14.3. The Morgan fingerprint density at radius 2 is 1.84 bits per heavy atom. The number of aryl methyl sites for hydroxylation is 1. The highest BCUT2D eigenvalue weighted by molar-refractivity contribution is 5.93. The molecule has 0 saturated carbocycles. The van der Waals surface area contributed by atoms with Crippen molar-refractivity contribution in [2.24, 2.45) is 0 Å². The Morgan fingerprint density at radius 3 is 2.37 bits per heavy atom. The second kappa shape index (κ2) is 7.53. The van der Waals surface area contributed by atoms with Crippen LogP contribution in [0.5, 0.6) is 0 Å². The fourth-order valence-corrected chi connectivity index (χ4v) is 1.34. The summed E-state index contributed by atoms with van der Waals surface area (Å²) in [5.41, 5.74) is 1.45. The highest BCUT2D eigenvalue weighted by Crippen LogP contribution is 2.09. The van der Waals surface area contributed by atoms with Crippen LogP contribution in [0, 0.1) is 6.92 Å². The number of hydrogen-bond acceptors (Lipinski definition) is 4. The average Bonchev–Trinajstić information content (AvgIpc) is 2.37. The first-order valence-corrected chi connectivity index (χ1v) is 6.27. The third kappa shape index (κ3) is 5.09. The van der Waals surface area contributed by atoms with Crippen LogP contribution in [0.1, 0.15) is 42.6 Å². The van der Waals surface area contributed by atoms with E-state index in [0.29, 0.717) is 17.4 Å². The van der Waals surface area contributed by atoms with Gasteiger partial charge in [-0.2, -0.15) is 0 Å². The monoisotopic (exact) mass is 265 g/mol. The number of unbranched alkanes of at least 4 members (excludes halogenated alkanes) is 1. The van der Waals surface area contributed by atoms with E-state index < -0.39 is 11.9 Å². The molecule has 1 aromatic rings. The van der Waals surface area contributed by atoms with Crippen LogP contribution in [0.4, 0.5) is 0 Å². The predicted octanol–water partition coefficient (Wildman–Crippen LogP) is 2.65. The minimum Gasteiger partial charge on any atom is -0.312 e. The molecule has 0 atom stereocenters. The van der Waals surface area contributed by atoms with E-state index in [1.54, 1.807) is 12.1 Å². The van der Waals surface area contributed by atoms with E-state index in [0.717, 1.165) is 18.4 Å². The van der Waals surface area contributed by atoms with Gasteiger partial charge in [0.25, 0.3) is 0 Å². The van der Waals surface area contributed by atoms with Crippen LogP contribution in [0.3, 0.4) is 0 Å². The Balaban J connectivity index is 2.74. The zero-order valence-corrected chi connectivity index (χ0v) is 11.5. The Bertz CT molecular complexity index is 428. The number of hydrogen-bond donors (Lipinski definition) is 0. The van der Waals surface area contributed by atoms with Crippen LogP contribution >= 0.6 is 0 Å². The molecule has 0 radical (unpaired) electrons. The Hall–Kier alpha value is -1.88. The normalized spacial score (nSPS) is 10.1. The van der Waals surface area contributed by atoms with Gasteiger partial charge in [0.2, 0.25) is 0 Å². The summed E-state index contributed by atoms with van der Waals surface area (Å²) in [6.07, 6.45) is 1.70. The third-order valence-corrected chi connectivity index (χ3v) is 2.38. The number of rotatable bonds is 5. The predicted molar refractivity (Wildman–Crippen MR) is 70.0 cm³/mol. The smallest absolute Gasteiger partial charge is 0.312 e. The number of benzene rings is 1. The summed E-state index contributed by atoms with van der Waals surface area (Å²) < 4.78 is 0. The van der Waals surface area contributed by atoms with Gasteiger partial charge >= 0.3 is 11.9 Å². The van der Waals surface area contributed by atoms with Gasteiger partial charge in [-0.3, -0.25) is 4.79 Å². The molecule has 0 aliphatic heterocycles. The first-order chi connectivity index (χ1) is 9.04. The molecule has 0 fully saturated rings. The Kier molecular flexibility index (Phi) is 6.02. The van der Waals surface area contributed by atoms with E-state index in [-0.39, 0.29) is 0 Å². The summed E-state index contributed by atoms with van der Waals surface area (Å²) in [6.45, 7) is 5.47. The molecule has 0 saturated heterocycles. The molecule has 5 heteroatoms. The van der Waals surface area contributed by atoms with Crippen molar-refractivity contribution in [2.45, 2.75) is 33.6 Å². The maximum atomic E-state index is 12.1. The molecule has 0 N–H and O–H groups in total. The van der Waals surface area contributed by atoms with Gasteiger partial charge in [-0.05, 0) is 30.7 Å². The van der Waals surface area contributed by atoms with Crippen molar-refractivity contribution in [3.63, 3.8) is 0 Å². The second-order valence-electron chi connectivity index (χ2n) is 4.20. The molecule has 19 heavy (non-hydrogen) atoms. The first kappa shape index (κ1) is 15.2. The minimum atomic E-state index is -0.600. The van der Waals surface area contributed by atoms with Gasteiger partial charge in [0.05, 0.1) is 6.61 Å². The van der Waals surface area contributed by atoms with E-state index in [1.165, 1.54) is 6.92 Å². The highest BCUT2D eigenvalue weighted by Gasteiger charge is 2.20. The molecule has 1 amide bonds. The summed E-state index contributed by atoms with van der Waals surface area (Å²) in [5.74, 6) is -1.09. The molecule has 0 unspecified atom stereocenters. The van der Waals surface area contributed by atoms with Gasteiger partial charge in [0.1, 0.15) is 0 Å². The van der Waals surface area contributed by atoms with Crippen LogP contribution in [-0.4, -0.2) is 23.7 Å². The van der Waals surface area contributed by atoms with Gasteiger partial charge in [0, 0.05) is 12.5 Å². The van der Waals surface area contributed by atoms with Gasteiger partial charge in [-0.25, -0.2) is 9.63 Å². The zero-order valence-electron chi connectivity index (χ0n) is 11.5. The second-order valence-corrected chi connectivity index (χ2v) is 4.20. The SMILES string of the molecule is CCCCON(OC(C)=O)C(=O)c1ccc(C)cc1. The molecule has 0 spiro atoms. The van der Waals surface area contributed by atoms with Gasteiger partial charge in [-0.15, -0.1) is 0 Å². The quantitative estimate of drug-likeness (QED) is 0.606. The number of hydroxylamine groups is 2. The lowest BCUT2D eigenvalue weighted by Crippen LogP contribution is -2.33. The van der Waals surface area contributed by atoms with Crippen molar-refractivity contribution in [3.05, 3.63) is 35.4 Å². The molecular formula is C14H19NO4.